The Labute approximate surface area is 107 Å². The molecule has 0 saturated carbocycles. The van der Waals surface area contributed by atoms with Crippen molar-refractivity contribution in [3.63, 3.8) is 0 Å². The van der Waals surface area contributed by atoms with Gasteiger partial charge >= 0.3 is 6.18 Å². The molecule has 1 aromatic rings. The van der Waals surface area contributed by atoms with Gasteiger partial charge in [-0.3, -0.25) is 0 Å². The van der Waals surface area contributed by atoms with Crippen LogP contribution in [0.5, 0.6) is 0 Å². The number of aromatic nitrogens is 2. The molecule has 0 fully saturated rings. The van der Waals surface area contributed by atoms with Gasteiger partial charge in [0.15, 0.2) is 5.69 Å². The zero-order valence-electron chi connectivity index (χ0n) is 9.79. The van der Waals surface area contributed by atoms with Gasteiger partial charge in [-0.25, -0.2) is 9.97 Å². The predicted octanol–water partition coefficient (Wildman–Crippen LogP) is 2.58. The topological polar surface area (TPSA) is 58.0 Å². The van der Waals surface area contributed by atoms with Gasteiger partial charge in [-0.2, -0.15) is 13.2 Å². The van der Waals surface area contributed by atoms with Crippen molar-refractivity contribution in [1.29, 1.82) is 0 Å². The summed E-state index contributed by atoms with van der Waals surface area (Å²) in [4.78, 5) is 6.76. The van der Waals surface area contributed by atoms with E-state index in [1.54, 1.807) is 0 Å². The van der Waals surface area contributed by atoms with E-state index in [1.807, 2.05) is 13.8 Å². The van der Waals surface area contributed by atoms with Crippen molar-refractivity contribution in [2.24, 2.45) is 5.92 Å². The summed E-state index contributed by atoms with van der Waals surface area (Å²) in [6.07, 6.45) is -4.59. The number of rotatable bonds is 4. The van der Waals surface area contributed by atoms with Crippen molar-refractivity contribution in [3.8, 4) is 0 Å². The van der Waals surface area contributed by atoms with Gasteiger partial charge in [0.25, 0.3) is 0 Å². The molecule has 1 heterocycles. The molecule has 0 aliphatic heterocycles. The lowest BCUT2D eigenvalue weighted by Gasteiger charge is -2.20. The van der Waals surface area contributed by atoms with Crippen LogP contribution in [-0.2, 0) is 6.18 Å². The second-order valence-electron chi connectivity index (χ2n) is 4.08. The molecule has 1 aromatic heterocycles. The number of hydrogen-bond acceptors (Lipinski definition) is 4. The first kappa shape index (κ1) is 15.0. The average molecular weight is 284 g/mol. The standard InChI is InChI=1S/C10H13ClF3N3O/c1-5(2)6(4-18)15-8-3-7(10(12,13)14)16-9(11)17-8/h3,5-6,18H,4H2,1-2H3,(H,15,16,17). The van der Waals surface area contributed by atoms with Crippen LogP contribution in [0.4, 0.5) is 19.0 Å². The van der Waals surface area contributed by atoms with E-state index in [2.05, 4.69) is 15.3 Å². The fourth-order valence-electron chi connectivity index (χ4n) is 1.25. The molecule has 4 nitrogen and oxygen atoms in total. The summed E-state index contributed by atoms with van der Waals surface area (Å²) in [7, 11) is 0. The molecule has 18 heavy (non-hydrogen) atoms. The van der Waals surface area contributed by atoms with Gasteiger partial charge < -0.3 is 10.4 Å². The van der Waals surface area contributed by atoms with Crippen molar-refractivity contribution in [1.82, 2.24) is 9.97 Å². The van der Waals surface area contributed by atoms with Gasteiger partial charge in [0.2, 0.25) is 5.28 Å². The second-order valence-corrected chi connectivity index (χ2v) is 4.42. The third-order valence-electron chi connectivity index (χ3n) is 2.32. The lowest BCUT2D eigenvalue weighted by Crippen LogP contribution is -2.30. The first-order valence-electron chi connectivity index (χ1n) is 5.23. The monoisotopic (exact) mass is 283 g/mol. The third-order valence-corrected chi connectivity index (χ3v) is 2.49. The van der Waals surface area contributed by atoms with E-state index in [9.17, 15) is 13.2 Å². The summed E-state index contributed by atoms with van der Waals surface area (Å²) >= 11 is 5.44. The Morgan fingerprint density at radius 2 is 2.00 bits per heavy atom. The molecular weight excluding hydrogens is 271 g/mol. The van der Waals surface area contributed by atoms with Gasteiger partial charge in [0.05, 0.1) is 12.6 Å². The summed E-state index contributed by atoms with van der Waals surface area (Å²) in [6, 6.07) is 0.355. The van der Waals surface area contributed by atoms with Crippen LogP contribution in [0.3, 0.4) is 0 Å². The smallest absolute Gasteiger partial charge is 0.394 e. The molecular formula is C10H13ClF3N3O. The quantitative estimate of drug-likeness (QED) is 0.834. The minimum absolute atomic E-state index is 0.0260. The predicted molar refractivity (Wildman–Crippen MR) is 61.4 cm³/mol. The van der Waals surface area contributed by atoms with Gasteiger partial charge in [-0.05, 0) is 17.5 Å². The molecule has 0 aliphatic rings. The minimum atomic E-state index is -4.59. The summed E-state index contributed by atoms with van der Waals surface area (Å²) in [5.41, 5.74) is -1.12. The molecule has 2 N–H and O–H groups in total. The van der Waals surface area contributed by atoms with E-state index in [-0.39, 0.29) is 18.3 Å². The van der Waals surface area contributed by atoms with Gasteiger partial charge in [0.1, 0.15) is 5.82 Å². The van der Waals surface area contributed by atoms with Crippen LogP contribution in [-0.4, -0.2) is 27.7 Å². The first-order valence-corrected chi connectivity index (χ1v) is 5.61. The van der Waals surface area contributed by atoms with E-state index in [1.165, 1.54) is 0 Å². The first-order chi connectivity index (χ1) is 8.24. The molecule has 1 atom stereocenters. The molecule has 0 radical (unpaired) electrons. The number of nitrogens with one attached hydrogen (secondary N) is 1. The van der Waals surface area contributed by atoms with Gasteiger partial charge in [-0.15, -0.1) is 0 Å². The van der Waals surface area contributed by atoms with Crippen molar-refractivity contribution in [3.05, 3.63) is 17.0 Å². The maximum absolute atomic E-state index is 12.5. The fraction of sp³-hybridized carbons (Fsp3) is 0.600. The van der Waals surface area contributed by atoms with Crippen molar-refractivity contribution in [2.75, 3.05) is 11.9 Å². The molecule has 1 unspecified atom stereocenters. The summed E-state index contributed by atoms with van der Waals surface area (Å²) in [5.74, 6) is -0.0341. The summed E-state index contributed by atoms with van der Waals surface area (Å²) in [6.45, 7) is 3.42. The van der Waals surface area contributed by atoms with E-state index < -0.39 is 23.2 Å². The molecule has 102 valence electrons. The lowest BCUT2D eigenvalue weighted by atomic mass is 10.1. The van der Waals surface area contributed by atoms with Crippen LogP contribution < -0.4 is 5.32 Å². The van der Waals surface area contributed by atoms with E-state index in [4.69, 9.17) is 16.7 Å². The highest BCUT2D eigenvalue weighted by atomic mass is 35.5. The van der Waals surface area contributed by atoms with Crippen molar-refractivity contribution >= 4 is 17.4 Å². The lowest BCUT2D eigenvalue weighted by molar-refractivity contribution is -0.141. The molecule has 0 aliphatic carbocycles. The van der Waals surface area contributed by atoms with Gasteiger partial charge in [0, 0.05) is 6.07 Å². The van der Waals surface area contributed by atoms with E-state index in [0.29, 0.717) is 0 Å². The average Bonchev–Trinajstić information content (AvgIpc) is 2.23. The summed E-state index contributed by atoms with van der Waals surface area (Å²) in [5, 5.41) is 11.3. The third kappa shape index (κ3) is 3.99. The molecule has 1 rings (SSSR count). The fourth-order valence-corrected chi connectivity index (χ4v) is 1.43. The number of halogens is 4. The second kappa shape index (κ2) is 5.71. The Bertz CT molecular complexity index is 412. The highest BCUT2D eigenvalue weighted by molar-refractivity contribution is 6.28. The number of nitrogens with zero attached hydrogens (tertiary/aromatic N) is 2. The molecule has 0 saturated heterocycles. The van der Waals surface area contributed by atoms with Crippen molar-refractivity contribution in [2.45, 2.75) is 26.1 Å². The molecule has 0 amide bonds. The largest absolute Gasteiger partial charge is 0.433 e. The van der Waals surface area contributed by atoms with Crippen LogP contribution in [0.1, 0.15) is 19.5 Å². The minimum Gasteiger partial charge on any atom is -0.394 e. The van der Waals surface area contributed by atoms with Crippen LogP contribution in [0, 0.1) is 5.92 Å². The van der Waals surface area contributed by atoms with Gasteiger partial charge in [-0.1, -0.05) is 13.8 Å². The zero-order chi connectivity index (χ0) is 13.9. The Hall–Kier alpha value is -1.08. The molecule has 0 spiro atoms. The van der Waals surface area contributed by atoms with Crippen LogP contribution in [0.25, 0.3) is 0 Å². The number of anilines is 1. The van der Waals surface area contributed by atoms with E-state index >= 15 is 0 Å². The maximum atomic E-state index is 12.5. The number of alkyl halides is 3. The summed E-state index contributed by atoms with van der Waals surface area (Å²) < 4.78 is 37.5. The van der Waals surface area contributed by atoms with Crippen LogP contribution in [0.15, 0.2) is 6.07 Å². The Morgan fingerprint density at radius 1 is 1.39 bits per heavy atom. The highest BCUT2D eigenvalue weighted by Gasteiger charge is 2.33. The Balaban J connectivity index is 3.00. The SMILES string of the molecule is CC(C)C(CO)Nc1cc(C(F)(F)F)nc(Cl)n1. The highest BCUT2D eigenvalue weighted by Crippen LogP contribution is 2.29. The zero-order valence-corrected chi connectivity index (χ0v) is 10.5. The number of hydrogen-bond donors (Lipinski definition) is 2. The molecule has 0 bridgehead atoms. The Kier molecular flexibility index (Phi) is 4.75. The number of aliphatic hydroxyl groups is 1. The van der Waals surface area contributed by atoms with Crippen LogP contribution in [0.2, 0.25) is 5.28 Å². The molecule has 8 heteroatoms. The normalized spacial score (nSPS) is 13.8. The molecule has 0 aromatic carbocycles. The van der Waals surface area contributed by atoms with E-state index in [0.717, 1.165) is 6.07 Å². The number of aliphatic hydroxyl groups excluding tert-OH is 1. The van der Waals surface area contributed by atoms with Crippen LogP contribution >= 0.6 is 11.6 Å². The Morgan fingerprint density at radius 3 is 2.44 bits per heavy atom. The van der Waals surface area contributed by atoms with Crippen molar-refractivity contribution < 1.29 is 18.3 Å². The maximum Gasteiger partial charge on any atom is 0.433 e.